The van der Waals surface area contributed by atoms with Crippen LogP contribution in [0.5, 0.6) is 5.75 Å². The lowest BCUT2D eigenvalue weighted by atomic mass is 9.77. The highest BCUT2D eigenvalue weighted by Crippen LogP contribution is 2.43. The highest BCUT2D eigenvalue weighted by Gasteiger charge is 2.45. The number of halogens is 1. The summed E-state index contributed by atoms with van der Waals surface area (Å²) in [4.78, 5) is 19.9. The summed E-state index contributed by atoms with van der Waals surface area (Å²) in [6, 6.07) is 11.8. The third kappa shape index (κ3) is 3.88. The van der Waals surface area contributed by atoms with Crippen LogP contribution in [0.25, 0.3) is 0 Å². The molecule has 2 fully saturated rings. The van der Waals surface area contributed by atoms with Gasteiger partial charge in [-0.3, -0.25) is 9.78 Å². The van der Waals surface area contributed by atoms with Gasteiger partial charge < -0.3 is 9.64 Å². The van der Waals surface area contributed by atoms with Crippen molar-refractivity contribution in [3.63, 3.8) is 0 Å². The van der Waals surface area contributed by atoms with Gasteiger partial charge in [-0.15, -0.1) is 0 Å². The molecular formula is C23H27ClN2O2. The van der Waals surface area contributed by atoms with Crippen LogP contribution in [0.1, 0.15) is 49.8 Å². The van der Waals surface area contributed by atoms with Crippen molar-refractivity contribution in [3.05, 3.63) is 58.9 Å². The van der Waals surface area contributed by atoms with Gasteiger partial charge in [-0.05, 0) is 49.6 Å². The van der Waals surface area contributed by atoms with Crippen LogP contribution in [0, 0.1) is 6.92 Å². The molecule has 1 aliphatic heterocycles. The number of carbonyl (C=O) groups excluding carboxylic acids is 1. The standard InChI is InChI=1S/C23H27ClN2O2/c1-17-4-9-21(16-25-17)28-20-10-14-26(15-11-20)22(27)23(12-2-3-13-23)18-5-7-19(24)8-6-18/h4-9,16,20H,2-3,10-15H2,1H3. The van der Waals surface area contributed by atoms with E-state index in [0.717, 1.165) is 68.6 Å². The molecule has 1 aromatic heterocycles. The van der Waals surface area contributed by atoms with Crippen molar-refractivity contribution in [3.8, 4) is 5.75 Å². The van der Waals surface area contributed by atoms with Crippen molar-refractivity contribution < 1.29 is 9.53 Å². The number of piperidine rings is 1. The Kier molecular flexibility index (Phi) is 5.58. The summed E-state index contributed by atoms with van der Waals surface area (Å²) in [6.07, 6.45) is 7.71. The molecule has 148 valence electrons. The van der Waals surface area contributed by atoms with Gasteiger partial charge in [-0.2, -0.15) is 0 Å². The van der Waals surface area contributed by atoms with Gasteiger partial charge in [-0.1, -0.05) is 36.6 Å². The molecule has 2 aliphatic rings. The Labute approximate surface area is 171 Å². The van der Waals surface area contributed by atoms with E-state index in [0.29, 0.717) is 5.02 Å². The summed E-state index contributed by atoms with van der Waals surface area (Å²) in [5.41, 5.74) is 1.72. The van der Waals surface area contributed by atoms with Gasteiger partial charge >= 0.3 is 0 Å². The Morgan fingerprint density at radius 3 is 2.39 bits per heavy atom. The van der Waals surface area contributed by atoms with E-state index in [9.17, 15) is 4.79 Å². The molecule has 1 aliphatic carbocycles. The first-order valence-corrected chi connectivity index (χ1v) is 10.6. The molecule has 2 heterocycles. The number of rotatable bonds is 4. The maximum Gasteiger partial charge on any atom is 0.233 e. The van der Waals surface area contributed by atoms with Crippen molar-refractivity contribution in [2.24, 2.45) is 0 Å². The highest BCUT2D eigenvalue weighted by molar-refractivity contribution is 6.30. The second-order valence-electron chi connectivity index (χ2n) is 8.04. The molecule has 0 spiro atoms. The van der Waals surface area contributed by atoms with Crippen LogP contribution in [0.15, 0.2) is 42.6 Å². The normalized spacial score (nSPS) is 19.6. The van der Waals surface area contributed by atoms with Gasteiger partial charge in [0, 0.05) is 36.6 Å². The van der Waals surface area contributed by atoms with Crippen LogP contribution in [0.3, 0.4) is 0 Å². The number of aromatic nitrogens is 1. The van der Waals surface area contributed by atoms with Crippen LogP contribution in [-0.2, 0) is 10.2 Å². The summed E-state index contributed by atoms with van der Waals surface area (Å²) in [6.45, 7) is 3.46. The lowest BCUT2D eigenvalue weighted by Crippen LogP contribution is -2.50. The molecule has 2 aromatic rings. The predicted molar refractivity (Wildman–Crippen MR) is 111 cm³/mol. The second kappa shape index (κ2) is 8.12. The quantitative estimate of drug-likeness (QED) is 0.733. The summed E-state index contributed by atoms with van der Waals surface area (Å²) < 4.78 is 6.07. The van der Waals surface area contributed by atoms with E-state index in [-0.39, 0.29) is 17.4 Å². The lowest BCUT2D eigenvalue weighted by molar-refractivity contribution is -0.139. The van der Waals surface area contributed by atoms with E-state index in [4.69, 9.17) is 16.3 Å². The second-order valence-corrected chi connectivity index (χ2v) is 8.48. The number of hydrogen-bond acceptors (Lipinski definition) is 3. The lowest BCUT2D eigenvalue weighted by Gasteiger charge is -2.38. The molecule has 1 saturated carbocycles. The average Bonchev–Trinajstić information content (AvgIpc) is 3.21. The van der Waals surface area contributed by atoms with Gasteiger partial charge in [0.1, 0.15) is 11.9 Å². The molecule has 28 heavy (non-hydrogen) atoms. The van der Waals surface area contributed by atoms with Crippen LogP contribution in [0.4, 0.5) is 0 Å². The zero-order valence-electron chi connectivity index (χ0n) is 16.4. The van der Waals surface area contributed by atoms with Gasteiger partial charge in [0.2, 0.25) is 5.91 Å². The van der Waals surface area contributed by atoms with Crippen molar-refractivity contribution in [1.82, 2.24) is 9.88 Å². The topological polar surface area (TPSA) is 42.4 Å². The van der Waals surface area contributed by atoms with Crippen molar-refractivity contribution in [1.29, 1.82) is 0 Å². The molecule has 1 amide bonds. The third-order valence-corrected chi connectivity index (χ3v) is 6.43. The average molecular weight is 399 g/mol. The minimum Gasteiger partial charge on any atom is -0.489 e. The van der Waals surface area contributed by atoms with Crippen LogP contribution in [0.2, 0.25) is 5.02 Å². The van der Waals surface area contributed by atoms with Crippen LogP contribution >= 0.6 is 11.6 Å². The molecule has 1 aromatic carbocycles. The molecule has 0 bridgehead atoms. The molecule has 0 unspecified atom stereocenters. The Morgan fingerprint density at radius 1 is 1.11 bits per heavy atom. The maximum absolute atomic E-state index is 13.6. The third-order valence-electron chi connectivity index (χ3n) is 6.18. The molecule has 0 N–H and O–H groups in total. The summed E-state index contributed by atoms with van der Waals surface area (Å²) in [7, 11) is 0. The number of likely N-dealkylation sites (tertiary alicyclic amines) is 1. The number of hydrogen-bond donors (Lipinski definition) is 0. The van der Waals surface area contributed by atoms with E-state index in [1.807, 2.05) is 48.2 Å². The summed E-state index contributed by atoms with van der Waals surface area (Å²) >= 11 is 6.07. The number of carbonyl (C=O) groups is 1. The van der Waals surface area contributed by atoms with Crippen molar-refractivity contribution in [2.45, 2.75) is 57.0 Å². The number of aryl methyl sites for hydroxylation is 1. The van der Waals surface area contributed by atoms with E-state index >= 15 is 0 Å². The van der Waals surface area contributed by atoms with Crippen LogP contribution < -0.4 is 4.74 Å². The monoisotopic (exact) mass is 398 g/mol. The molecule has 5 heteroatoms. The fourth-order valence-corrected chi connectivity index (χ4v) is 4.70. The van der Waals surface area contributed by atoms with Gasteiger partial charge in [0.25, 0.3) is 0 Å². The largest absolute Gasteiger partial charge is 0.489 e. The summed E-state index contributed by atoms with van der Waals surface area (Å²) in [5.74, 6) is 1.09. The van der Waals surface area contributed by atoms with Crippen LogP contribution in [-0.4, -0.2) is 35.0 Å². The number of pyridine rings is 1. The molecule has 0 radical (unpaired) electrons. The number of ether oxygens (including phenoxy) is 1. The maximum atomic E-state index is 13.6. The van der Waals surface area contributed by atoms with Gasteiger partial charge in [0.15, 0.2) is 0 Å². The zero-order valence-corrected chi connectivity index (χ0v) is 17.1. The first-order valence-electron chi connectivity index (χ1n) is 10.2. The summed E-state index contributed by atoms with van der Waals surface area (Å²) in [5, 5.41) is 0.716. The predicted octanol–water partition coefficient (Wildman–Crippen LogP) is 4.93. The van der Waals surface area contributed by atoms with E-state index in [1.165, 1.54) is 0 Å². The molecular weight excluding hydrogens is 372 g/mol. The zero-order chi connectivity index (χ0) is 19.6. The number of nitrogens with zero attached hydrogens (tertiary/aromatic N) is 2. The van der Waals surface area contributed by atoms with Gasteiger partial charge in [0.05, 0.1) is 11.6 Å². The Hall–Kier alpha value is -2.07. The Bertz CT molecular complexity index is 806. The van der Waals surface area contributed by atoms with E-state index < -0.39 is 0 Å². The minimum absolute atomic E-state index is 0.142. The molecule has 4 rings (SSSR count). The minimum atomic E-state index is -0.376. The van der Waals surface area contributed by atoms with Crippen molar-refractivity contribution in [2.75, 3.05) is 13.1 Å². The first kappa shape index (κ1) is 19.3. The van der Waals surface area contributed by atoms with Gasteiger partial charge in [-0.25, -0.2) is 0 Å². The fourth-order valence-electron chi connectivity index (χ4n) is 4.57. The SMILES string of the molecule is Cc1ccc(OC2CCN(C(=O)C3(c4ccc(Cl)cc4)CCCC3)CC2)cn1. The Morgan fingerprint density at radius 2 is 1.79 bits per heavy atom. The number of benzene rings is 1. The fraction of sp³-hybridized carbons (Fsp3) is 0.478. The molecule has 4 nitrogen and oxygen atoms in total. The molecule has 0 atom stereocenters. The van der Waals surface area contributed by atoms with Crippen molar-refractivity contribution >= 4 is 17.5 Å². The number of amides is 1. The smallest absolute Gasteiger partial charge is 0.233 e. The first-order chi connectivity index (χ1) is 13.6. The molecule has 1 saturated heterocycles. The van der Waals surface area contributed by atoms with E-state index in [2.05, 4.69) is 4.98 Å². The Balaban J connectivity index is 1.42. The van der Waals surface area contributed by atoms with E-state index in [1.54, 1.807) is 6.20 Å². The highest BCUT2D eigenvalue weighted by atomic mass is 35.5.